The van der Waals surface area contributed by atoms with E-state index in [1.165, 1.54) is 116 Å². The van der Waals surface area contributed by atoms with E-state index < -0.39 is 24.3 Å². The normalized spacial score (nSPS) is 13.7. The lowest BCUT2D eigenvalue weighted by atomic mass is 10.0. The molecule has 0 rings (SSSR count). The van der Waals surface area contributed by atoms with Gasteiger partial charge in [-0.2, -0.15) is 0 Å². The molecule has 0 spiro atoms. The molecule has 0 heterocycles. The van der Waals surface area contributed by atoms with Gasteiger partial charge in [0.15, 0.2) is 12.4 Å². The highest BCUT2D eigenvalue weighted by atomic mass is 16.7. The molecule has 0 fully saturated rings. The minimum absolute atomic E-state index is 0.134. The number of nitrogens with zero attached hydrogens (tertiary/aromatic N) is 1. The third-order valence-electron chi connectivity index (χ3n) is 16.3. The largest absolute Gasteiger partial charge is 0.545 e. The Morgan fingerprint density at radius 3 is 0.808 bits per heavy atom. The number of hydrogen-bond acceptors (Lipinski definition) is 8. The number of rotatable bonds is 71. The van der Waals surface area contributed by atoms with E-state index in [2.05, 4.69) is 208 Å². The zero-order valence-electron chi connectivity index (χ0n) is 63.8. The number of aliphatic carboxylic acids is 1. The predicted molar refractivity (Wildman–Crippen MR) is 425 cm³/mol. The van der Waals surface area contributed by atoms with Crippen LogP contribution in [0.15, 0.2) is 194 Å². The molecular formula is C90H145NO8. The number of carbonyl (C=O) groups is 3. The first-order chi connectivity index (χ1) is 48.6. The Labute approximate surface area is 608 Å². The summed E-state index contributed by atoms with van der Waals surface area (Å²) in [7, 11) is 5.92. The monoisotopic (exact) mass is 1370 g/mol. The van der Waals surface area contributed by atoms with Crippen LogP contribution < -0.4 is 5.11 Å². The smallest absolute Gasteiger partial charge is 0.306 e. The number of esters is 2. The maximum atomic E-state index is 13.0. The van der Waals surface area contributed by atoms with E-state index in [9.17, 15) is 19.5 Å². The van der Waals surface area contributed by atoms with Crippen molar-refractivity contribution in [1.82, 2.24) is 0 Å². The molecule has 2 unspecified atom stereocenters. The Hall–Kier alpha value is -5.87. The van der Waals surface area contributed by atoms with Gasteiger partial charge in [0.1, 0.15) is 13.2 Å². The molecule has 0 aromatic heterocycles. The second kappa shape index (κ2) is 77.9. The van der Waals surface area contributed by atoms with Crippen LogP contribution in [0.4, 0.5) is 0 Å². The van der Waals surface area contributed by atoms with E-state index in [0.29, 0.717) is 17.4 Å². The van der Waals surface area contributed by atoms with Gasteiger partial charge in [-0.05, 0) is 141 Å². The first-order valence-electron chi connectivity index (χ1n) is 39.6. The third-order valence-corrected chi connectivity index (χ3v) is 16.3. The van der Waals surface area contributed by atoms with Crippen LogP contribution in [0, 0.1) is 0 Å². The number of likely N-dealkylation sites (N-methyl/N-ethyl adjacent to an activating group) is 1. The van der Waals surface area contributed by atoms with Gasteiger partial charge < -0.3 is 33.3 Å². The molecule has 2 atom stereocenters. The van der Waals surface area contributed by atoms with E-state index in [1.54, 1.807) is 0 Å². The summed E-state index contributed by atoms with van der Waals surface area (Å²) in [6, 6.07) is 0. The quantitative estimate of drug-likeness (QED) is 0.0195. The summed E-state index contributed by atoms with van der Waals surface area (Å²) in [5, 5.41) is 11.9. The molecule has 0 saturated heterocycles. The zero-order valence-corrected chi connectivity index (χ0v) is 63.8. The van der Waals surface area contributed by atoms with Crippen molar-refractivity contribution in [3.8, 4) is 0 Å². The van der Waals surface area contributed by atoms with Gasteiger partial charge in [0, 0.05) is 12.8 Å². The molecule has 0 aliphatic rings. The van der Waals surface area contributed by atoms with Gasteiger partial charge >= 0.3 is 11.9 Å². The molecule has 0 amide bonds. The maximum absolute atomic E-state index is 13.0. The zero-order chi connectivity index (χ0) is 71.8. The number of ether oxygens (including phenoxy) is 4. The van der Waals surface area contributed by atoms with E-state index >= 15 is 0 Å². The van der Waals surface area contributed by atoms with Crippen molar-refractivity contribution in [3.05, 3.63) is 194 Å². The Morgan fingerprint density at radius 2 is 0.545 bits per heavy atom. The summed E-state index contributed by atoms with van der Waals surface area (Å²) in [6.07, 6.45) is 117. The Morgan fingerprint density at radius 1 is 0.303 bits per heavy atom. The number of hydrogen-bond donors (Lipinski definition) is 0. The average Bonchev–Trinajstić information content (AvgIpc) is 2.62. The second-order valence-electron chi connectivity index (χ2n) is 26.9. The van der Waals surface area contributed by atoms with E-state index in [4.69, 9.17) is 18.9 Å². The highest BCUT2D eigenvalue weighted by molar-refractivity contribution is 5.70. The first-order valence-corrected chi connectivity index (χ1v) is 39.6. The van der Waals surface area contributed by atoms with Gasteiger partial charge in [-0.1, -0.05) is 337 Å². The molecule has 0 saturated carbocycles. The highest BCUT2D eigenvalue weighted by Gasteiger charge is 2.22. The number of carboxylic acids is 1. The predicted octanol–water partition coefficient (Wildman–Crippen LogP) is 24.4. The van der Waals surface area contributed by atoms with Crippen molar-refractivity contribution in [2.75, 3.05) is 47.5 Å². The highest BCUT2D eigenvalue weighted by Crippen LogP contribution is 2.17. The fourth-order valence-corrected chi connectivity index (χ4v) is 10.4. The van der Waals surface area contributed by atoms with E-state index in [-0.39, 0.29) is 38.6 Å². The minimum atomic E-state index is -1.64. The van der Waals surface area contributed by atoms with Gasteiger partial charge in [0.05, 0.1) is 40.3 Å². The Balaban J connectivity index is 4.16. The van der Waals surface area contributed by atoms with E-state index in [0.717, 1.165) is 148 Å². The molecule has 0 bridgehead atoms. The number of unbranched alkanes of at least 4 members (excludes halogenated alkanes) is 24. The lowest BCUT2D eigenvalue weighted by molar-refractivity contribution is -0.870. The number of allylic oxidation sites excluding steroid dienone is 32. The van der Waals surface area contributed by atoms with Crippen molar-refractivity contribution in [3.63, 3.8) is 0 Å². The molecule has 99 heavy (non-hydrogen) atoms. The van der Waals surface area contributed by atoms with Gasteiger partial charge in [0.2, 0.25) is 0 Å². The molecule has 0 radical (unpaired) electrons. The molecular weight excluding hydrogens is 1220 g/mol. The van der Waals surface area contributed by atoms with Crippen LogP contribution >= 0.6 is 0 Å². The molecule has 0 aromatic rings. The summed E-state index contributed by atoms with van der Waals surface area (Å²) in [5.74, 6) is -2.33. The van der Waals surface area contributed by atoms with Crippen LogP contribution in [0.5, 0.6) is 0 Å². The number of quaternary nitrogens is 1. The lowest BCUT2D eigenvalue weighted by Gasteiger charge is -2.26. The van der Waals surface area contributed by atoms with Gasteiger partial charge in [-0.15, -0.1) is 0 Å². The standard InChI is InChI=1S/C90H145NO8/c1-6-8-10-12-14-16-18-20-22-24-26-28-30-32-34-36-38-40-41-42-43-44-45-46-47-49-51-53-55-57-59-61-63-65-67-69-71-73-75-77-79-81-88(93)99-86(85-98-90(89(94)95)96-83-82-91(3,4)5)84-97-87(92)80-78-76-74-72-70-68-66-64-62-60-58-56-54-52-50-48-39-37-35-33-31-29-27-25-23-21-19-17-15-13-11-9-7-2/h8-11,14-17,20-23,26-29,32,34,38,40,42-43,45-46,49,51,55,57,61,63,67,69,86,90H,6-7,12-13,18-19,24-25,30-31,33,35-37,39,41,44,47-48,50,52-54,56,58-60,62,64-66,68,70-85H2,1-5H3/b10-8-,11-9-,16-14-,17-15-,22-20-,23-21-,28-26-,29-27-,34-32-,40-38-,43-42-,46-45-,51-49-,57-55-,63-61-,69-67-. The first kappa shape index (κ1) is 93.1. The summed E-state index contributed by atoms with van der Waals surface area (Å²) in [4.78, 5) is 37.6. The van der Waals surface area contributed by atoms with Crippen LogP contribution in [0.3, 0.4) is 0 Å². The van der Waals surface area contributed by atoms with Gasteiger partial charge in [0.25, 0.3) is 0 Å². The number of carbonyl (C=O) groups excluding carboxylic acids is 3. The van der Waals surface area contributed by atoms with Crippen molar-refractivity contribution < 1.29 is 42.9 Å². The van der Waals surface area contributed by atoms with E-state index in [1.807, 2.05) is 21.1 Å². The molecule has 9 heteroatoms. The molecule has 0 aliphatic heterocycles. The van der Waals surface area contributed by atoms with Crippen molar-refractivity contribution >= 4 is 17.9 Å². The summed E-state index contributed by atoms with van der Waals surface area (Å²) in [6.45, 7) is 4.49. The van der Waals surface area contributed by atoms with Crippen LogP contribution in [0.2, 0.25) is 0 Å². The fourth-order valence-electron chi connectivity index (χ4n) is 10.4. The SMILES string of the molecule is CC/C=C\C/C=C\C/C=C\C/C=C\C/C=C\C/C=C\C/C=C\C/C=C\C/C=C\C/C=C\C/C=C\C/C=C\CCCCCCC(=O)OC(COC(=O)CCCCCCCCCCCCCCCCCCCCCC/C=C\C/C=C\C/C=C\C/C=C\CC)COC(OCC[N+](C)(C)C)C(=O)[O-]. The van der Waals surface area contributed by atoms with Gasteiger partial charge in [-0.25, -0.2) is 0 Å². The summed E-state index contributed by atoms with van der Waals surface area (Å²) in [5.41, 5.74) is 0. The molecule has 9 nitrogen and oxygen atoms in total. The second-order valence-corrected chi connectivity index (χ2v) is 26.9. The topological polar surface area (TPSA) is 111 Å². The average molecular weight is 1370 g/mol. The lowest BCUT2D eigenvalue weighted by Crippen LogP contribution is -2.44. The minimum Gasteiger partial charge on any atom is -0.545 e. The Kier molecular flexibility index (Phi) is 73.2. The van der Waals surface area contributed by atoms with Crippen LogP contribution in [0.1, 0.15) is 296 Å². The molecule has 0 N–H and O–H groups in total. The van der Waals surface area contributed by atoms with Crippen LogP contribution in [0.25, 0.3) is 0 Å². The summed E-state index contributed by atoms with van der Waals surface area (Å²) < 4.78 is 22.8. The molecule has 0 aliphatic carbocycles. The van der Waals surface area contributed by atoms with Crippen molar-refractivity contribution in [2.24, 2.45) is 0 Å². The third kappa shape index (κ3) is 79.3. The summed E-state index contributed by atoms with van der Waals surface area (Å²) >= 11 is 0. The molecule has 0 aromatic carbocycles. The van der Waals surface area contributed by atoms with Crippen molar-refractivity contribution in [2.45, 2.75) is 309 Å². The fraction of sp³-hybridized carbons (Fsp3) is 0.611. The number of carboxylic acid groups (broad SMARTS) is 1. The Bertz CT molecular complexity index is 2340. The van der Waals surface area contributed by atoms with Crippen molar-refractivity contribution in [1.29, 1.82) is 0 Å². The van der Waals surface area contributed by atoms with Gasteiger partial charge in [-0.3, -0.25) is 9.59 Å². The van der Waals surface area contributed by atoms with Crippen LogP contribution in [-0.4, -0.2) is 82.3 Å². The molecule has 558 valence electrons. The van der Waals surface area contributed by atoms with Crippen LogP contribution in [-0.2, 0) is 33.3 Å². The maximum Gasteiger partial charge on any atom is 0.306 e.